The number of nitrogens with one attached hydrogen (secondary N) is 2. The maximum Gasteiger partial charge on any atom is 0.407 e. The van der Waals surface area contributed by atoms with E-state index in [2.05, 4.69) is 15.6 Å². The van der Waals surface area contributed by atoms with Gasteiger partial charge in [-0.05, 0) is 70.8 Å². The van der Waals surface area contributed by atoms with Crippen LogP contribution in [-0.2, 0) is 27.4 Å². The van der Waals surface area contributed by atoms with Gasteiger partial charge < -0.3 is 24.8 Å². The Bertz CT molecular complexity index is 1480. The van der Waals surface area contributed by atoms with Crippen molar-refractivity contribution in [3.8, 4) is 5.75 Å². The van der Waals surface area contributed by atoms with E-state index in [0.717, 1.165) is 43.4 Å². The molecule has 0 radical (unpaired) electrons. The minimum absolute atomic E-state index is 0.0790. The normalized spacial score (nSPS) is 12.0. The van der Waals surface area contributed by atoms with E-state index in [0.29, 0.717) is 29.6 Å². The molecule has 0 aliphatic carbocycles. The number of alkyl carbamates (subject to hydrolysis) is 1. The molecule has 0 bridgehead atoms. The van der Waals surface area contributed by atoms with Crippen LogP contribution in [0.15, 0.2) is 59.5 Å². The Morgan fingerprint density at radius 3 is 2.48 bits per heavy atom. The Balaban J connectivity index is 1.47. The van der Waals surface area contributed by atoms with Crippen molar-refractivity contribution in [2.24, 2.45) is 0 Å². The first kappa shape index (κ1) is 36.9. The second-order valence-corrected chi connectivity index (χ2v) is 12.5. The Kier molecular flexibility index (Phi) is 14.8. The van der Waals surface area contributed by atoms with Gasteiger partial charge >= 0.3 is 12.1 Å². The Labute approximate surface area is 280 Å². The van der Waals surface area contributed by atoms with Crippen molar-refractivity contribution in [2.75, 3.05) is 26.3 Å². The van der Waals surface area contributed by atoms with E-state index in [4.69, 9.17) is 37.4 Å². The zero-order chi connectivity index (χ0) is 33.5. The number of hydrogen-bond donors (Lipinski definition) is 2. The Hall–Kier alpha value is -3.60. The number of carbonyl (C=O) groups excluding carboxylic acids is 2. The van der Waals surface area contributed by atoms with E-state index >= 15 is 0 Å². The molecular weight excluding hydrogens is 631 g/mol. The van der Waals surface area contributed by atoms with Gasteiger partial charge in [-0.1, -0.05) is 66.4 Å². The average Bonchev–Trinajstić information content (AvgIpc) is 3.00. The smallest absolute Gasteiger partial charge is 0.407 e. The lowest BCUT2D eigenvalue weighted by atomic mass is 9.95. The van der Waals surface area contributed by atoms with Crippen molar-refractivity contribution in [3.63, 3.8) is 0 Å². The summed E-state index contributed by atoms with van der Waals surface area (Å²) in [4.78, 5) is 41.9. The number of rotatable bonds is 17. The fraction of sp³-hybridized carbons (Fsp3) is 0.471. The molecule has 2 N–H and O–H groups in total. The van der Waals surface area contributed by atoms with Gasteiger partial charge in [-0.3, -0.25) is 19.1 Å². The molecule has 0 saturated heterocycles. The summed E-state index contributed by atoms with van der Waals surface area (Å²) < 4.78 is 17.5. The highest BCUT2D eigenvalue weighted by Gasteiger charge is 2.22. The standard InChI is InChI=1S/C34H44Cl2N4O6/c1-5-44-30(41)23-40-29(36)22-38-31(32(40)42)27(24-13-9-8-10-14-24)21-37-17-11-6-7-12-18-45-28-16-15-26(35)19-25(28)20-39-33(43)46-34(2,3)4/h8-10,13-16,19,22,27,37H,5-7,11-12,17-18,20-21,23H2,1-4H3,(H,39,43)/t27-/m1/s1. The molecule has 1 aromatic heterocycles. The van der Waals surface area contributed by atoms with Gasteiger partial charge in [-0.25, -0.2) is 4.79 Å². The highest BCUT2D eigenvalue weighted by molar-refractivity contribution is 6.30. The second kappa shape index (κ2) is 18.5. The molecular formula is C34H44Cl2N4O6. The molecule has 1 atom stereocenters. The fourth-order valence-corrected chi connectivity index (χ4v) is 5.09. The molecule has 3 aromatic rings. The van der Waals surface area contributed by atoms with Crippen LogP contribution in [0.25, 0.3) is 0 Å². The number of esters is 1. The molecule has 0 unspecified atom stereocenters. The monoisotopic (exact) mass is 674 g/mol. The minimum Gasteiger partial charge on any atom is -0.493 e. The van der Waals surface area contributed by atoms with E-state index in [9.17, 15) is 14.4 Å². The zero-order valence-corrected chi connectivity index (χ0v) is 28.5. The van der Waals surface area contributed by atoms with Crippen molar-refractivity contribution in [1.82, 2.24) is 20.2 Å². The number of unbranched alkanes of at least 4 members (excludes halogenated alkanes) is 3. The summed E-state index contributed by atoms with van der Waals surface area (Å²) in [6.45, 7) is 9.10. The Morgan fingerprint density at radius 1 is 1.02 bits per heavy atom. The molecule has 0 fully saturated rings. The lowest BCUT2D eigenvalue weighted by Gasteiger charge is -2.20. The van der Waals surface area contributed by atoms with Gasteiger partial charge in [0.1, 0.15) is 28.7 Å². The van der Waals surface area contributed by atoms with Crippen LogP contribution in [0.1, 0.15) is 76.1 Å². The summed E-state index contributed by atoms with van der Waals surface area (Å²) >= 11 is 12.4. The van der Waals surface area contributed by atoms with E-state index in [-0.39, 0.29) is 30.8 Å². The summed E-state index contributed by atoms with van der Waals surface area (Å²) in [5.74, 6) is -0.190. The van der Waals surface area contributed by atoms with Gasteiger partial charge in [-0.2, -0.15) is 0 Å². The van der Waals surface area contributed by atoms with Crippen LogP contribution in [0.2, 0.25) is 10.2 Å². The number of hydrogen-bond acceptors (Lipinski definition) is 8. The molecule has 2 aromatic carbocycles. The average molecular weight is 676 g/mol. The van der Waals surface area contributed by atoms with E-state index in [1.54, 1.807) is 19.1 Å². The molecule has 10 nitrogen and oxygen atoms in total. The summed E-state index contributed by atoms with van der Waals surface area (Å²) in [6, 6.07) is 15.0. The number of nitrogens with zero attached hydrogens (tertiary/aromatic N) is 2. The molecule has 250 valence electrons. The third kappa shape index (κ3) is 12.3. The predicted octanol–water partition coefficient (Wildman–Crippen LogP) is 6.50. The first-order chi connectivity index (χ1) is 22.0. The van der Waals surface area contributed by atoms with Crippen LogP contribution in [0.3, 0.4) is 0 Å². The number of halogens is 2. The molecule has 0 spiro atoms. The van der Waals surface area contributed by atoms with E-state index in [1.165, 1.54) is 10.8 Å². The molecule has 3 rings (SSSR count). The summed E-state index contributed by atoms with van der Waals surface area (Å²) in [7, 11) is 0. The molecule has 0 aliphatic heterocycles. The van der Waals surface area contributed by atoms with Crippen LogP contribution in [0, 0.1) is 0 Å². The molecule has 1 amide bonds. The number of benzene rings is 2. The van der Waals surface area contributed by atoms with Crippen molar-refractivity contribution < 1.29 is 23.8 Å². The molecule has 0 saturated carbocycles. The first-order valence-corrected chi connectivity index (χ1v) is 16.3. The largest absolute Gasteiger partial charge is 0.493 e. The van der Waals surface area contributed by atoms with Crippen molar-refractivity contribution in [2.45, 2.75) is 78.0 Å². The van der Waals surface area contributed by atoms with Crippen LogP contribution in [0.4, 0.5) is 4.79 Å². The second-order valence-electron chi connectivity index (χ2n) is 11.7. The van der Waals surface area contributed by atoms with Gasteiger partial charge in [0.2, 0.25) is 0 Å². The third-order valence-corrected chi connectivity index (χ3v) is 7.39. The lowest BCUT2D eigenvalue weighted by molar-refractivity contribution is -0.143. The van der Waals surface area contributed by atoms with Crippen molar-refractivity contribution in [1.29, 1.82) is 0 Å². The number of amides is 1. The first-order valence-electron chi connectivity index (χ1n) is 15.5. The quantitative estimate of drug-likeness (QED) is 0.123. The predicted molar refractivity (Wildman–Crippen MR) is 180 cm³/mol. The maximum absolute atomic E-state index is 13.4. The van der Waals surface area contributed by atoms with Crippen LogP contribution in [0.5, 0.6) is 5.75 Å². The minimum atomic E-state index is -0.582. The molecule has 46 heavy (non-hydrogen) atoms. The number of carbonyl (C=O) groups is 2. The van der Waals surface area contributed by atoms with E-state index in [1.807, 2.05) is 57.2 Å². The highest BCUT2D eigenvalue weighted by Crippen LogP contribution is 2.24. The van der Waals surface area contributed by atoms with Crippen molar-refractivity contribution in [3.05, 3.63) is 92.1 Å². The van der Waals surface area contributed by atoms with Gasteiger partial charge in [0.25, 0.3) is 5.56 Å². The van der Waals surface area contributed by atoms with Gasteiger partial charge in [0.05, 0.1) is 19.4 Å². The van der Waals surface area contributed by atoms with Gasteiger partial charge in [-0.15, -0.1) is 0 Å². The molecule has 12 heteroatoms. The third-order valence-electron chi connectivity index (χ3n) is 6.86. The number of ether oxygens (including phenoxy) is 3. The van der Waals surface area contributed by atoms with Gasteiger partial charge in [0.15, 0.2) is 0 Å². The Morgan fingerprint density at radius 2 is 1.76 bits per heavy atom. The van der Waals surface area contributed by atoms with Crippen LogP contribution in [-0.4, -0.2) is 53.5 Å². The summed E-state index contributed by atoms with van der Waals surface area (Å²) in [6.07, 6.45) is 4.67. The fourth-order valence-electron chi connectivity index (χ4n) is 4.71. The van der Waals surface area contributed by atoms with Crippen LogP contribution >= 0.6 is 23.2 Å². The zero-order valence-electron chi connectivity index (χ0n) is 26.9. The molecule has 0 aliphatic rings. The van der Waals surface area contributed by atoms with Gasteiger partial charge in [0, 0.05) is 29.6 Å². The van der Waals surface area contributed by atoms with Crippen molar-refractivity contribution >= 4 is 35.3 Å². The summed E-state index contributed by atoms with van der Waals surface area (Å²) in [5.41, 5.74) is 1.03. The number of aromatic nitrogens is 2. The van der Waals surface area contributed by atoms with Crippen LogP contribution < -0.4 is 20.9 Å². The molecule has 1 heterocycles. The lowest BCUT2D eigenvalue weighted by Crippen LogP contribution is -2.34. The SMILES string of the molecule is CCOC(=O)Cn1c(Cl)cnc([C@H](CNCCCCCCOc2ccc(Cl)cc2CNC(=O)OC(C)(C)C)c2ccccc2)c1=O. The maximum atomic E-state index is 13.4. The van der Waals surface area contributed by atoms with E-state index < -0.39 is 23.2 Å². The highest BCUT2D eigenvalue weighted by atomic mass is 35.5. The topological polar surface area (TPSA) is 121 Å². The summed E-state index contributed by atoms with van der Waals surface area (Å²) in [5, 5.41) is 6.86.